The van der Waals surface area contributed by atoms with E-state index in [0.29, 0.717) is 29.8 Å². The number of nitrogens with zero attached hydrogens (tertiary/aromatic N) is 3. The van der Waals surface area contributed by atoms with E-state index < -0.39 is 8.80 Å². The van der Waals surface area contributed by atoms with Crippen LogP contribution in [0.15, 0.2) is 45.3 Å². The predicted octanol–water partition coefficient (Wildman–Crippen LogP) is 3.98. The highest BCUT2D eigenvalue weighted by atomic mass is 28.4. The van der Waals surface area contributed by atoms with E-state index in [2.05, 4.69) is 25.8 Å². The number of rotatable bonds is 10. The molecule has 1 aliphatic carbocycles. The van der Waals surface area contributed by atoms with E-state index in [-0.39, 0.29) is 35.0 Å². The average molecular weight is 556 g/mol. The van der Waals surface area contributed by atoms with Crippen LogP contribution >= 0.6 is 0 Å². The van der Waals surface area contributed by atoms with Crippen molar-refractivity contribution in [2.75, 3.05) is 13.7 Å². The number of aromatic hydroxyl groups is 2. The summed E-state index contributed by atoms with van der Waals surface area (Å²) in [7, 11) is -2.54. The molecule has 3 rings (SSSR count). The Labute approximate surface area is 231 Å². The van der Waals surface area contributed by atoms with Gasteiger partial charge in [-0.3, -0.25) is 15.0 Å². The third kappa shape index (κ3) is 8.99. The zero-order valence-electron chi connectivity index (χ0n) is 23.2. The number of methoxy groups -OCH3 is 1. The summed E-state index contributed by atoms with van der Waals surface area (Å²) in [6.07, 6.45) is 9.34. The lowest BCUT2D eigenvalue weighted by atomic mass is 9.83. The third-order valence-electron chi connectivity index (χ3n) is 6.79. The molecule has 0 aromatic heterocycles. The Morgan fingerprint density at radius 2 is 1.56 bits per heavy atom. The van der Waals surface area contributed by atoms with Gasteiger partial charge in [-0.1, -0.05) is 39.7 Å². The van der Waals surface area contributed by atoms with E-state index >= 15 is 0 Å². The van der Waals surface area contributed by atoms with Gasteiger partial charge in [-0.25, -0.2) is 0 Å². The second kappa shape index (κ2) is 13.3. The van der Waals surface area contributed by atoms with Crippen molar-refractivity contribution < 1.29 is 29.3 Å². The average Bonchev–Trinajstić information content (AvgIpc) is 2.86. The Morgan fingerprint density at radius 3 is 2.15 bits per heavy atom. The van der Waals surface area contributed by atoms with Gasteiger partial charge in [0.15, 0.2) is 11.5 Å². The van der Waals surface area contributed by atoms with Gasteiger partial charge in [0.05, 0.1) is 19.2 Å². The number of phenols is 2. The van der Waals surface area contributed by atoms with Gasteiger partial charge in [-0.15, -0.1) is 0 Å². The first-order valence-electron chi connectivity index (χ1n) is 13.4. The summed E-state index contributed by atoms with van der Waals surface area (Å²) >= 11 is 0. The number of ether oxygens (including phenoxy) is 1. The van der Waals surface area contributed by atoms with Crippen molar-refractivity contribution in [2.24, 2.45) is 15.0 Å². The molecule has 1 aliphatic rings. The van der Waals surface area contributed by atoms with Crippen LogP contribution in [0.5, 0.6) is 17.2 Å². The van der Waals surface area contributed by atoms with Gasteiger partial charge in [0.25, 0.3) is 0 Å². The van der Waals surface area contributed by atoms with Gasteiger partial charge in [0, 0.05) is 42.4 Å². The summed E-state index contributed by atoms with van der Waals surface area (Å²) in [5.41, 5.74) is 2.76. The van der Waals surface area contributed by atoms with Crippen molar-refractivity contribution in [1.82, 2.24) is 0 Å². The summed E-state index contributed by atoms with van der Waals surface area (Å²) in [5, 5.41) is 21.2. The molecule has 0 bridgehead atoms. The lowest BCUT2D eigenvalue weighted by Crippen LogP contribution is -2.34. The van der Waals surface area contributed by atoms with Crippen molar-refractivity contribution >= 4 is 27.4 Å². The number of aliphatic imine (C=N–C) groups is 3. The molecule has 2 aromatic rings. The molecule has 1 saturated carbocycles. The number of para-hydroxylation sites is 1. The summed E-state index contributed by atoms with van der Waals surface area (Å²) in [6.45, 7) is 6.59. The zero-order chi connectivity index (χ0) is 28.6. The summed E-state index contributed by atoms with van der Waals surface area (Å²) in [5.74, 6) is 0.561. The molecule has 2 atom stereocenters. The van der Waals surface area contributed by atoms with E-state index in [1.807, 2.05) is 12.1 Å². The summed E-state index contributed by atoms with van der Waals surface area (Å²) in [6, 6.07) is 8.77. The lowest BCUT2D eigenvalue weighted by Gasteiger charge is -2.26. The van der Waals surface area contributed by atoms with Crippen LogP contribution in [-0.2, 0) is 5.41 Å². The van der Waals surface area contributed by atoms with Crippen molar-refractivity contribution in [2.45, 2.75) is 76.4 Å². The SMILES string of the molecule is COc1cccc(C=N[C@H]2CCCC[C@H]2N=Cc2cc(C(C)(C)C)c(C=NCCC[Si](O)(O)O)cc2O)c1O. The lowest BCUT2D eigenvalue weighted by molar-refractivity contribution is 0.227. The Hall–Kier alpha value is -3.05. The number of hydrogen-bond acceptors (Lipinski definition) is 9. The molecular formula is C29H41N3O6Si. The van der Waals surface area contributed by atoms with Crippen LogP contribution in [0.4, 0.5) is 0 Å². The van der Waals surface area contributed by atoms with Crippen LogP contribution < -0.4 is 4.74 Å². The topological polar surface area (TPSA) is 147 Å². The third-order valence-corrected chi connectivity index (χ3v) is 7.82. The van der Waals surface area contributed by atoms with Gasteiger partial charge in [0.2, 0.25) is 0 Å². The van der Waals surface area contributed by atoms with Gasteiger partial charge in [0.1, 0.15) is 5.75 Å². The van der Waals surface area contributed by atoms with Crippen LogP contribution in [0.2, 0.25) is 6.04 Å². The molecule has 0 aliphatic heterocycles. The molecular weight excluding hydrogens is 514 g/mol. The smallest absolute Gasteiger partial charge is 0.492 e. The van der Waals surface area contributed by atoms with E-state index in [4.69, 9.17) is 29.1 Å². The van der Waals surface area contributed by atoms with Gasteiger partial charge < -0.3 is 29.3 Å². The molecule has 0 amide bonds. The van der Waals surface area contributed by atoms with Crippen LogP contribution in [0.3, 0.4) is 0 Å². The highest BCUT2D eigenvalue weighted by molar-refractivity contribution is 6.56. The molecule has 9 nitrogen and oxygen atoms in total. The van der Waals surface area contributed by atoms with Gasteiger partial charge >= 0.3 is 8.80 Å². The monoisotopic (exact) mass is 555 g/mol. The minimum absolute atomic E-state index is 0.0326. The largest absolute Gasteiger partial charge is 0.507 e. The summed E-state index contributed by atoms with van der Waals surface area (Å²) < 4.78 is 5.19. The molecule has 2 aromatic carbocycles. The van der Waals surface area contributed by atoms with E-state index in [1.165, 1.54) is 7.11 Å². The fourth-order valence-electron chi connectivity index (χ4n) is 4.65. The minimum Gasteiger partial charge on any atom is -0.507 e. The van der Waals surface area contributed by atoms with Crippen LogP contribution in [0, 0.1) is 0 Å². The van der Waals surface area contributed by atoms with Crippen LogP contribution in [0.1, 0.15) is 75.1 Å². The maximum Gasteiger partial charge on any atom is 0.492 e. The fourth-order valence-corrected chi connectivity index (χ4v) is 5.28. The molecule has 212 valence electrons. The number of phenolic OH excluding ortho intramolecular Hbond substituents is 2. The Balaban J connectivity index is 1.80. The first-order valence-corrected chi connectivity index (χ1v) is 15.4. The first-order chi connectivity index (χ1) is 18.4. The maximum absolute atomic E-state index is 10.8. The van der Waals surface area contributed by atoms with E-state index in [1.54, 1.807) is 36.8 Å². The molecule has 1 fully saturated rings. The van der Waals surface area contributed by atoms with Crippen LogP contribution in [0.25, 0.3) is 0 Å². The Bertz CT molecular complexity index is 1200. The van der Waals surface area contributed by atoms with Crippen molar-refractivity contribution in [3.8, 4) is 17.2 Å². The maximum atomic E-state index is 10.8. The molecule has 0 radical (unpaired) electrons. The van der Waals surface area contributed by atoms with Crippen molar-refractivity contribution in [3.63, 3.8) is 0 Å². The second-order valence-corrected chi connectivity index (χ2v) is 13.1. The van der Waals surface area contributed by atoms with Crippen molar-refractivity contribution in [3.05, 3.63) is 52.6 Å². The normalized spacial score (nSPS) is 18.9. The van der Waals surface area contributed by atoms with Crippen molar-refractivity contribution in [1.29, 1.82) is 0 Å². The fraction of sp³-hybridized carbons (Fsp3) is 0.483. The Morgan fingerprint density at radius 1 is 0.923 bits per heavy atom. The molecule has 0 spiro atoms. The van der Waals surface area contributed by atoms with Crippen LogP contribution in [-0.4, -0.2) is 77.8 Å². The molecule has 0 unspecified atom stereocenters. The van der Waals surface area contributed by atoms with Gasteiger partial charge in [-0.2, -0.15) is 0 Å². The molecule has 0 saturated heterocycles. The number of hydrogen-bond donors (Lipinski definition) is 5. The standard InChI is InChI=1S/C29H41N3O6Si/c1-29(2,3)23-15-22(26(33)16-21(23)17-30-13-8-14-39(35,36)37)19-32-25-11-6-5-10-24(25)31-18-20-9-7-12-27(38-4)28(20)34/h7,9,12,15-19,24-25,33-37H,5-6,8,10-11,13-14H2,1-4H3/t24-,25+/m0/s1. The number of benzene rings is 2. The summed E-state index contributed by atoms with van der Waals surface area (Å²) in [4.78, 5) is 41.4. The predicted molar refractivity (Wildman–Crippen MR) is 157 cm³/mol. The quantitative estimate of drug-likeness (QED) is 0.170. The van der Waals surface area contributed by atoms with E-state index in [9.17, 15) is 10.2 Å². The first kappa shape index (κ1) is 30.5. The minimum atomic E-state index is -4.06. The van der Waals surface area contributed by atoms with Gasteiger partial charge in [-0.05, 0) is 60.1 Å². The highest BCUT2D eigenvalue weighted by Crippen LogP contribution is 2.32. The molecule has 39 heavy (non-hydrogen) atoms. The molecule has 0 heterocycles. The second-order valence-electron chi connectivity index (χ2n) is 11.0. The Kier molecular flexibility index (Phi) is 10.4. The molecule has 10 heteroatoms. The highest BCUT2D eigenvalue weighted by Gasteiger charge is 2.26. The van der Waals surface area contributed by atoms with E-state index in [0.717, 1.165) is 36.8 Å². The molecule has 5 N–H and O–H groups in total. The zero-order valence-corrected chi connectivity index (χ0v) is 24.2.